The molecule has 1 aromatic carbocycles. The zero-order valence-corrected chi connectivity index (χ0v) is 17.1. The van der Waals surface area contributed by atoms with Crippen molar-refractivity contribution in [3.05, 3.63) is 29.3 Å². The summed E-state index contributed by atoms with van der Waals surface area (Å²) >= 11 is 0. The lowest BCUT2D eigenvalue weighted by Gasteiger charge is -2.22. The fourth-order valence-corrected chi connectivity index (χ4v) is 3.75. The van der Waals surface area contributed by atoms with E-state index in [1.807, 2.05) is 25.1 Å². The van der Waals surface area contributed by atoms with Crippen LogP contribution in [-0.4, -0.2) is 38.0 Å². The Labute approximate surface area is 152 Å². The van der Waals surface area contributed by atoms with Gasteiger partial charge in [-0.25, -0.2) is 12.7 Å². The van der Waals surface area contributed by atoms with Gasteiger partial charge in [0, 0.05) is 25.2 Å². The van der Waals surface area contributed by atoms with Crippen molar-refractivity contribution in [2.24, 2.45) is 0 Å². The van der Waals surface area contributed by atoms with Crippen LogP contribution in [0.15, 0.2) is 18.2 Å². The van der Waals surface area contributed by atoms with Crippen molar-refractivity contribution >= 4 is 21.6 Å². The average Bonchev–Trinajstić information content (AvgIpc) is 2.49. The molecule has 0 heterocycles. The first-order chi connectivity index (χ1) is 11.6. The topological polar surface area (TPSA) is 66.5 Å². The van der Waals surface area contributed by atoms with Crippen LogP contribution in [0.1, 0.15) is 70.4 Å². The molecule has 0 fully saturated rings. The largest absolute Gasteiger partial charge is 0.326 e. The molecule has 0 spiro atoms. The number of amides is 1. The van der Waals surface area contributed by atoms with Gasteiger partial charge in [0.15, 0.2) is 0 Å². The van der Waals surface area contributed by atoms with Crippen molar-refractivity contribution in [3.8, 4) is 0 Å². The quantitative estimate of drug-likeness (QED) is 0.718. The van der Waals surface area contributed by atoms with E-state index in [2.05, 4.69) is 33.0 Å². The average molecular weight is 369 g/mol. The molecule has 0 aromatic heterocycles. The minimum absolute atomic E-state index is 0.150. The number of sulfonamides is 1. The molecule has 0 bridgehead atoms. The van der Waals surface area contributed by atoms with Gasteiger partial charge >= 0.3 is 0 Å². The van der Waals surface area contributed by atoms with E-state index in [1.165, 1.54) is 10.6 Å². The van der Waals surface area contributed by atoms with Gasteiger partial charge in [0.1, 0.15) is 0 Å². The van der Waals surface area contributed by atoms with Gasteiger partial charge in [-0.3, -0.25) is 4.79 Å². The van der Waals surface area contributed by atoms with E-state index in [1.54, 1.807) is 0 Å². The summed E-state index contributed by atoms with van der Waals surface area (Å²) in [5.74, 6) is 0.433. The highest BCUT2D eigenvalue weighted by molar-refractivity contribution is 7.88. The Balaban J connectivity index is 2.93. The number of carbonyl (C=O) groups is 1. The Bertz CT molecular complexity index is 656. The Morgan fingerprint density at radius 1 is 1.08 bits per heavy atom. The van der Waals surface area contributed by atoms with Crippen LogP contribution in [0.3, 0.4) is 0 Å². The van der Waals surface area contributed by atoms with Crippen molar-refractivity contribution in [1.29, 1.82) is 0 Å². The molecule has 1 N–H and O–H groups in total. The van der Waals surface area contributed by atoms with Gasteiger partial charge in [-0.1, -0.05) is 52.8 Å². The first-order valence-electron chi connectivity index (χ1n) is 8.95. The molecule has 0 unspecified atom stereocenters. The van der Waals surface area contributed by atoms with E-state index in [0.29, 0.717) is 18.4 Å². The number of rotatable bonds is 9. The minimum atomic E-state index is -3.29. The SMILES string of the molecule is CCCN(CCC(=O)Nc1c(C(C)C)cccc1C(C)C)S(C)(=O)=O. The van der Waals surface area contributed by atoms with Gasteiger partial charge in [0.05, 0.1) is 6.26 Å². The van der Waals surface area contributed by atoms with Crippen LogP contribution >= 0.6 is 0 Å². The number of para-hydroxylation sites is 1. The van der Waals surface area contributed by atoms with E-state index >= 15 is 0 Å². The first-order valence-corrected chi connectivity index (χ1v) is 10.8. The van der Waals surface area contributed by atoms with Crippen molar-refractivity contribution in [2.45, 2.75) is 59.3 Å². The standard InChI is InChI=1S/C19H32N2O3S/c1-7-12-21(25(6,23)24)13-11-18(22)20-19-16(14(2)3)9-8-10-17(19)15(4)5/h8-10,14-15H,7,11-13H2,1-6H3,(H,20,22). The molecule has 5 nitrogen and oxygen atoms in total. The summed E-state index contributed by atoms with van der Waals surface area (Å²) in [5.41, 5.74) is 3.08. The Morgan fingerprint density at radius 3 is 2.00 bits per heavy atom. The second-order valence-corrected chi connectivity index (χ2v) is 9.06. The highest BCUT2D eigenvalue weighted by Crippen LogP contribution is 2.32. The normalized spacial score (nSPS) is 12.2. The van der Waals surface area contributed by atoms with Crippen molar-refractivity contribution in [1.82, 2.24) is 4.31 Å². The second kappa shape index (κ2) is 9.34. The summed E-state index contributed by atoms with van der Waals surface area (Å²) in [6.45, 7) is 11.0. The molecule has 6 heteroatoms. The van der Waals surface area contributed by atoms with Gasteiger partial charge in [-0.05, 0) is 29.4 Å². The smallest absolute Gasteiger partial charge is 0.225 e. The molecule has 0 aliphatic heterocycles. The third-order valence-electron chi connectivity index (χ3n) is 4.17. The third kappa shape index (κ3) is 6.44. The van der Waals surface area contributed by atoms with Crippen LogP contribution in [-0.2, 0) is 14.8 Å². The molecule has 0 aliphatic carbocycles. The van der Waals surface area contributed by atoms with Crippen LogP contribution < -0.4 is 5.32 Å². The maximum absolute atomic E-state index is 12.5. The molecular formula is C19H32N2O3S. The summed E-state index contributed by atoms with van der Waals surface area (Å²) in [4.78, 5) is 12.5. The van der Waals surface area contributed by atoms with Crippen molar-refractivity contribution < 1.29 is 13.2 Å². The Kier molecular flexibility index (Phi) is 8.09. The van der Waals surface area contributed by atoms with E-state index in [9.17, 15) is 13.2 Å². The van der Waals surface area contributed by atoms with E-state index in [0.717, 1.165) is 23.2 Å². The number of hydrogen-bond acceptors (Lipinski definition) is 3. The van der Waals surface area contributed by atoms with E-state index in [4.69, 9.17) is 0 Å². The third-order valence-corrected chi connectivity index (χ3v) is 5.47. The van der Waals surface area contributed by atoms with Crippen molar-refractivity contribution in [2.75, 3.05) is 24.7 Å². The molecule has 1 amide bonds. The lowest BCUT2D eigenvalue weighted by atomic mass is 9.92. The van der Waals surface area contributed by atoms with Crippen LogP contribution in [0.25, 0.3) is 0 Å². The van der Waals surface area contributed by atoms with E-state index < -0.39 is 10.0 Å². The van der Waals surface area contributed by atoms with Gasteiger partial charge in [-0.15, -0.1) is 0 Å². The number of nitrogens with one attached hydrogen (secondary N) is 1. The number of nitrogens with zero attached hydrogens (tertiary/aromatic N) is 1. The molecule has 0 atom stereocenters. The fraction of sp³-hybridized carbons (Fsp3) is 0.632. The summed E-state index contributed by atoms with van der Waals surface area (Å²) in [6, 6.07) is 6.09. The molecule has 0 saturated heterocycles. The molecule has 0 radical (unpaired) electrons. The number of hydrogen-bond donors (Lipinski definition) is 1. The predicted molar refractivity (Wildman–Crippen MR) is 105 cm³/mol. The summed E-state index contributed by atoms with van der Waals surface area (Å²) in [5, 5.41) is 3.03. The minimum Gasteiger partial charge on any atom is -0.326 e. The molecule has 0 saturated carbocycles. The van der Waals surface area contributed by atoms with Crippen molar-refractivity contribution in [3.63, 3.8) is 0 Å². The molecule has 25 heavy (non-hydrogen) atoms. The monoisotopic (exact) mass is 368 g/mol. The van der Waals surface area contributed by atoms with Gasteiger partial charge in [0.25, 0.3) is 0 Å². The lowest BCUT2D eigenvalue weighted by molar-refractivity contribution is -0.116. The summed E-state index contributed by atoms with van der Waals surface area (Å²) in [6.07, 6.45) is 2.06. The van der Waals surface area contributed by atoms with E-state index in [-0.39, 0.29) is 18.9 Å². The lowest BCUT2D eigenvalue weighted by Crippen LogP contribution is -2.33. The predicted octanol–water partition coefficient (Wildman–Crippen LogP) is 3.93. The van der Waals surface area contributed by atoms with Crippen LogP contribution in [0.4, 0.5) is 5.69 Å². The van der Waals surface area contributed by atoms with Gasteiger partial charge < -0.3 is 5.32 Å². The Morgan fingerprint density at radius 2 is 1.60 bits per heavy atom. The van der Waals surface area contributed by atoms with Crippen LogP contribution in [0.5, 0.6) is 0 Å². The summed E-state index contributed by atoms with van der Waals surface area (Å²) in [7, 11) is -3.29. The molecular weight excluding hydrogens is 336 g/mol. The molecule has 0 aliphatic rings. The molecule has 1 aromatic rings. The zero-order valence-electron chi connectivity index (χ0n) is 16.3. The van der Waals surface area contributed by atoms with Gasteiger partial charge in [0.2, 0.25) is 15.9 Å². The number of anilines is 1. The Hall–Kier alpha value is -1.40. The summed E-state index contributed by atoms with van der Waals surface area (Å²) < 4.78 is 24.9. The maximum Gasteiger partial charge on any atom is 0.225 e. The second-order valence-electron chi connectivity index (χ2n) is 7.08. The molecule has 1 rings (SSSR count). The first kappa shape index (κ1) is 21.6. The number of carbonyl (C=O) groups excluding carboxylic acids is 1. The number of benzene rings is 1. The highest BCUT2D eigenvalue weighted by atomic mass is 32.2. The van der Waals surface area contributed by atoms with Gasteiger partial charge in [-0.2, -0.15) is 0 Å². The molecule has 142 valence electrons. The highest BCUT2D eigenvalue weighted by Gasteiger charge is 2.19. The maximum atomic E-state index is 12.5. The zero-order chi connectivity index (χ0) is 19.2. The van der Waals surface area contributed by atoms with Crippen LogP contribution in [0, 0.1) is 0 Å². The fourth-order valence-electron chi connectivity index (χ4n) is 2.82. The van der Waals surface area contributed by atoms with Crippen LogP contribution in [0.2, 0.25) is 0 Å².